The normalized spacial score (nSPS) is 10.6. The quantitative estimate of drug-likeness (QED) is 0.775. The van der Waals surface area contributed by atoms with Crippen molar-refractivity contribution in [3.63, 3.8) is 0 Å². The maximum atomic E-state index is 12.6. The zero-order valence-electron chi connectivity index (χ0n) is 15.2. The van der Waals surface area contributed by atoms with Crippen LogP contribution in [-0.4, -0.2) is 22.8 Å². The molecule has 25 heavy (non-hydrogen) atoms. The Labute approximate surface area is 149 Å². The first-order valence-corrected chi connectivity index (χ1v) is 8.71. The summed E-state index contributed by atoms with van der Waals surface area (Å²) in [6.45, 7) is 6.51. The minimum atomic E-state index is -0.284. The number of nitrogens with zero attached hydrogens (tertiary/aromatic N) is 1. The zero-order chi connectivity index (χ0) is 18.2. The highest BCUT2D eigenvalue weighted by Gasteiger charge is 2.20. The molecule has 1 N–H and O–H groups in total. The molecule has 0 saturated heterocycles. The Bertz CT molecular complexity index is 694. The van der Waals surface area contributed by atoms with Gasteiger partial charge in [0.1, 0.15) is 6.42 Å². The van der Waals surface area contributed by atoms with Gasteiger partial charge >= 0.3 is 0 Å². The van der Waals surface area contributed by atoms with Crippen molar-refractivity contribution >= 4 is 17.5 Å². The first-order chi connectivity index (χ1) is 12.0. The lowest BCUT2D eigenvalue weighted by Gasteiger charge is -2.26. The smallest absolute Gasteiger partial charge is 0.233 e. The molecule has 0 aromatic heterocycles. The van der Waals surface area contributed by atoms with Gasteiger partial charge in [-0.2, -0.15) is 0 Å². The SMILES string of the molecule is CCc1ccc(NC(=O)CC(=O)N(Cc2ccccc2)C(C)C)cc1. The Morgan fingerprint density at radius 3 is 2.16 bits per heavy atom. The Kier molecular flexibility index (Phi) is 6.75. The standard InChI is InChI=1S/C21H26N2O2/c1-4-17-10-12-19(13-11-17)22-20(24)14-21(25)23(16(2)3)15-18-8-6-5-7-9-18/h5-13,16H,4,14-15H2,1-3H3,(H,22,24). The fourth-order valence-corrected chi connectivity index (χ4v) is 2.61. The van der Waals surface area contributed by atoms with Crippen LogP contribution in [0.1, 0.15) is 38.3 Å². The molecule has 0 saturated carbocycles. The summed E-state index contributed by atoms with van der Waals surface area (Å²) in [7, 11) is 0. The molecule has 0 spiro atoms. The third-order valence-electron chi connectivity index (χ3n) is 4.10. The van der Waals surface area contributed by atoms with Gasteiger partial charge in [0, 0.05) is 18.3 Å². The summed E-state index contributed by atoms with van der Waals surface area (Å²) in [6.07, 6.45) is 0.802. The second-order valence-corrected chi connectivity index (χ2v) is 6.38. The first kappa shape index (κ1) is 18.7. The predicted molar refractivity (Wildman–Crippen MR) is 101 cm³/mol. The average molecular weight is 338 g/mol. The van der Waals surface area contributed by atoms with E-state index in [1.165, 1.54) is 5.56 Å². The molecule has 4 heteroatoms. The van der Waals surface area contributed by atoms with Crippen molar-refractivity contribution in [2.24, 2.45) is 0 Å². The summed E-state index contributed by atoms with van der Waals surface area (Å²) < 4.78 is 0. The Balaban J connectivity index is 1.95. The van der Waals surface area contributed by atoms with E-state index in [-0.39, 0.29) is 24.3 Å². The van der Waals surface area contributed by atoms with E-state index in [9.17, 15) is 9.59 Å². The van der Waals surface area contributed by atoms with Gasteiger partial charge in [-0.15, -0.1) is 0 Å². The van der Waals surface area contributed by atoms with Crippen LogP contribution in [0.15, 0.2) is 54.6 Å². The van der Waals surface area contributed by atoms with Gasteiger partial charge in [-0.25, -0.2) is 0 Å². The number of aryl methyl sites for hydroxylation is 1. The Morgan fingerprint density at radius 2 is 1.60 bits per heavy atom. The fourth-order valence-electron chi connectivity index (χ4n) is 2.61. The molecule has 0 bridgehead atoms. The fraction of sp³-hybridized carbons (Fsp3) is 0.333. The molecule has 0 fully saturated rings. The van der Waals surface area contributed by atoms with Crippen LogP contribution in [0.4, 0.5) is 5.69 Å². The summed E-state index contributed by atoms with van der Waals surface area (Å²) in [6, 6.07) is 17.5. The highest BCUT2D eigenvalue weighted by molar-refractivity contribution is 6.03. The number of carbonyl (C=O) groups is 2. The van der Waals surface area contributed by atoms with E-state index in [1.54, 1.807) is 4.90 Å². The van der Waals surface area contributed by atoms with Crippen LogP contribution in [0.25, 0.3) is 0 Å². The van der Waals surface area contributed by atoms with Crippen LogP contribution in [0.3, 0.4) is 0 Å². The summed E-state index contributed by atoms with van der Waals surface area (Å²) in [5.41, 5.74) is 2.98. The Morgan fingerprint density at radius 1 is 0.960 bits per heavy atom. The highest BCUT2D eigenvalue weighted by Crippen LogP contribution is 2.13. The van der Waals surface area contributed by atoms with Crippen LogP contribution in [0.2, 0.25) is 0 Å². The number of hydrogen-bond acceptors (Lipinski definition) is 2. The number of carbonyl (C=O) groups excluding carboxylic acids is 2. The predicted octanol–water partition coefficient (Wildman–Crippen LogP) is 4.01. The van der Waals surface area contributed by atoms with Gasteiger partial charge in [-0.3, -0.25) is 9.59 Å². The van der Waals surface area contributed by atoms with Crippen LogP contribution in [-0.2, 0) is 22.6 Å². The van der Waals surface area contributed by atoms with Gasteiger partial charge in [0.05, 0.1) is 0 Å². The maximum Gasteiger partial charge on any atom is 0.233 e. The second kappa shape index (κ2) is 9.02. The van der Waals surface area contributed by atoms with Gasteiger partial charge in [-0.05, 0) is 43.5 Å². The number of amides is 2. The van der Waals surface area contributed by atoms with Gasteiger partial charge in [-0.1, -0.05) is 49.4 Å². The summed E-state index contributed by atoms with van der Waals surface area (Å²) in [5, 5.41) is 2.80. The monoisotopic (exact) mass is 338 g/mol. The molecular formula is C21H26N2O2. The lowest BCUT2D eigenvalue weighted by Crippen LogP contribution is -2.38. The van der Waals surface area contributed by atoms with E-state index >= 15 is 0 Å². The lowest BCUT2D eigenvalue weighted by molar-refractivity contribution is -0.136. The summed E-state index contributed by atoms with van der Waals surface area (Å²) in [5.74, 6) is -0.450. The Hall–Kier alpha value is -2.62. The van der Waals surface area contributed by atoms with Gasteiger partial charge < -0.3 is 10.2 Å². The molecular weight excluding hydrogens is 312 g/mol. The topological polar surface area (TPSA) is 49.4 Å². The highest BCUT2D eigenvalue weighted by atomic mass is 16.2. The van der Waals surface area contributed by atoms with E-state index in [0.29, 0.717) is 12.2 Å². The number of rotatable bonds is 7. The van der Waals surface area contributed by atoms with Gasteiger partial charge in [0.15, 0.2) is 0 Å². The molecule has 0 aliphatic carbocycles. The molecule has 0 aliphatic rings. The number of nitrogens with one attached hydrogen (secondary N) is 1. The van der Waals surface area contributed by atoms with Gasteiger partial charge in [0.2, 0.25) is 11.8 Å². The number of benzene rings is 2. The number of hydrogen-bond donors (Lipinski definition) is 1. The number of anilines is 1. The van der Waals surface area contributed by atoms with Crippen LogP contribution >= 0.6 is 0 Å². The summed E-state index contributed by atoms with van der Waals surface area (Å²) in [4.78, 5) is 26.5. The van der Waals surface area contributed by atoms with Crippen LogP contribution < -0.4 is 5.32 Å². The van der Waals surface area contributed by atoms with Gasteiger partial charge in [0.25, 0.3) is 0 Å². The van der Waals surface area contributed by atoms with Crippen molar-refractivity contribution in [3.8, 4) is 0 Å². The molecule has 0 heterocycles. The molecule has 4 nitrogen and oxygen atoms in total. The second-order valence-electron chi connectivity index (χ2n) is 6.38. The van der Waals surface area contributed by atoms with Crippen molar-refractivity contribution in [2.45, 2.75) is 46.2 Å². The molecule has 0 unspecified atom stereocenters. The van der Waals surface area contributed by atoms with Crippen molar-refractivity contribution in [1.29, 1.82) is 0 Å². The van der Waals surface area contributed by atoms with E-state index in [1.807, 2.05) is 68.4 Å². The van der Waals surface area contributed by atoms with Crippen molar-refractivity contribution < 1.29 is 9.59 Å². The van der Waals surface area contributed by atoms with Crippen molar-refractivity contribution in [1.82, 2.24) is 4.90 Å². The minimum absolute atomic E-state index is 0.0318. The molecule has 2 amide bonds. The van der Waals surface area contributed by atoms with E-state index in [2.05, 4.69) is 12.2 Å². The molecule has 0 radical (unpaired) electrons. The van der Waals surface area contributed by atoms with Crippen LogP contribution in [0.5, 0.6) is 0 Å². The lowest BCUT2D eigenvalue weighted by atomic mass is 10.1. The first-order valence-electron chi connectivity index (χ1n) is 8.71. The minimum Gasteiger partial charge on any atom is -0.336 e. The van der Waals surface area contributed by atoms with Crippen LogP contribution in [0, 0.1) is 0 Å². The van der Waals surface area contributed by atoms with Crippen molar-refractivity contribution in [3.05, 3.63) is 65.7 Å². The maximum absolute atomic E-state index is 12.6. The average Bonchev–Trinajstić information content (AvgIpc) is 2.60. The molecule has 2 rings (SSSR count). The zero-order valence-corrected chi connectivity index (χ0v) is 15.2. The molecule has 2 aromatic rings. The third-order valence-corrected chi connectivity index (χ3v) is 4.10. The largest absolute Gasteiger partial charge is 0.336 e. The van der Waals surface area contributed by atoms with E-state index < -0.39 is 0 Å². The van der Waals surface area contributed by atoms with E-state index in [0.717, 1.165) is 12.0 Å². The summed E-state index contributed by atoms with van der Waals surface area (Å²) >= 11 is 0. The third kappa shape index (κ3) is 5.75. The molecule has 132 valence electrons. The van der Waals surface area contributed by atoms with E-state index in [4.69, 9.17) is 0 Å². The van der Waals surface area contributed by atoms with Crippen molar-refractivity contribution in [2.75, 3.05) is 5.32 Å². The molecule has 0 atom stereocenters. The molecule has 0 aliphatic heterocycles. The molecule has 2 aromatic carbocycles.